The van der Waals surface area contributed by atoms with Crippen molar-refractivity contribution in [3.63, 3.8) is 0 Å². The number of hydrogen-bond donors (Lipinski definition) is 2. The third-order valence-corrected chi connectivity index (χ3v) is 5.26. The Morgan fingerprint density at radius 1 is 1.07 bits per heavy atom. The second kappa shape index (κ2) is 9.93. The molecule has 0 aliphatic carbocycles. The molecule has 1 aliphatic heterocycles. The Labute approximate surface area is 167 Å². The van der Waals surface area contributed by atoms with Gasteiger partial charge in [0, 0.05) is 19.5 Å². The van der Waals surface area contributed by atoms with Gasteiger partial charge in [-0.1, -0.05) is 60.7 Å². The average molecular weight is 380 g/mol. The summed E-state index contributed by atoms with van der Waals surface area (Å²) in [6.07, 6.45) is 3.35. The van der Waals surface area contributed by atoms with E-state index in [9.17, 15) is 9.59 Å². The highest BCUT2D eigenvalue weighted by molar-refractivity contribution is 5.82. The van der Waals surface area contributed by atoms with Crippen molar-refractivity contribution >= 4 is 11.9 Å². The number of nitrogens with one attached hydrogen (secondary N) is 2. The van der Waals surface area contributed by atoms with E-state index in [4.69, 9.17) is 0 Å². The number of hydrogen-bond acceptors (Lipinski definition) is 2. The van der Waals surface area contributed by atoms with Crippen LogP contribution in [0, 0.1) is 0 Å². The van der Waals surface area contributed by atoms with E-state index in [0.717, 1.165) is 24.8 Å². The Kier molecular flexibility index (Phi) is 7.06. The van der Waals surface area contributed by atoms with Crippen LogP contribution in [0.1, 0.15) is 43.4 Å². The molecule has 5 heteroatoms. The van der Waals surface area contributed by atoms with Gasteiger partial charge in [0.1, 0.15) is 0 Å². The maximum absolute atomic E-state index is 12.4. The van der Waals surface area contributed by atoms with Crippen LogP contribution in [0.25, 0.3) is 0 Å². The Balaban J connectivity index is 1.36. The molecular weight excluding hydrogens is 350 g/mol. The van der Waals surface area contributed by atoms with Crippen molar-refractivity contribution in [3.8, 4) is 0 Å². The predicted octanol–water partition coefficient (Wildman–Crippen LogP) is 3.67. The minimum absolute atomic E-state index is 0.0153. The van der Waals surface area contributed by atoms with Gasteiger partial charge < -0.3 is 15.5 Å². The van der Waals surface area contributed by atoms with Gasteiger partial charge in [-0.15, -0.1) is 0 Å². The van der Waals surface area contributed by atoms with Gasteiger partial charge in [0.25, 0.3) is 0 Å². The van der Waals surface area contributed by atoms with Crippen molar-refractivity contribution in [3.05, 3.63) is 71.8 Å². The van der Waals surface area contributed by atoms with E-state index in [2.05, 4.69) is 22.8 Å². The summed E-state index contributed by atoms with van der Waals surface area (Å²) >= 11 is 0. The molecule has 28 heavy (non-hydrogen) atoms. The molecule has 0 bridgehead atoms. The molecule has 0 radical (unpaired) electrons. The highest BCUT2D eigenvalue weighted by atomic mass is 16.2. The number of rotatable bonds is 8. The first-order valence-corrected chi connectivity index (χ1v) is 10.1. The molecule has 5 nitrogen and oxygen atoms in total. The van der Waals surface area contributed by atoms with Gasteiger partial charge in [-0.25, -0.2) is 4.79 Å². The van der Waals surface area contributed by atoms with Gasteiger partial charge in [-0.05, 0) is 37.3 Å². The number of nitrogens with zero attached hydrogens (tertiary/aromatic N) is 1. The quantitative estimate of drug-likeness (QED) is 0.688. The molecule has 1 aliphatic rings. The summed E-state index contributed by atoms with van der Waals surface area (Å²) < 4.78 is 0. The number of urea groups is 1. The van der Waals surface area contributed by atoms with Crippen molar-refractivity contribution < 1.29 is 9.59 Å². The Morgan fingerprint density at radius 3 is 2.46 bits per heavy atom. The molecule has 148 valence electrons. The maximum atomic E-state index is 12.4. The van der Waals surface area contributed by atoms with Crippen LogP contribution >= 0.6 is 0 Å². The lowest BCUT2D eigenvalue weighted by molar-refractivity contribution is -0.129. The van der Waals surface area contributed by atoms with Crippen molar-refractivity contribution in [2.45, 2.75) is 44.7 Å². The van der Waals surface area contributed by atoms with E-state index in [1.807, 2.05) is 60.4 Å². The maximum Gasteiger partial charge on any atom is 0.315 e. The second-order valence-corrected chi connectivity index (χ2v) is 7.38. The Hall–Kier alpha value is -2.82. The molecule has 1 fully saturated rings. The molecule has 0 spiro atoms. The minimum Gasteiger partial charge on any atom is -0.338 e. The van der Waals surface area contributed by atoms with E-state index in [0.29, 0.717) is 19.5 Å². The van der Waals surface area contributed by atoms with Crippen molar-refractivity contribution in [2.75, 3.05) is 13.1 Å². The summed E-state index contributed by atoms with van der Waals surface area (Å²) in [6.45, 7) is 3.22. The highest BCUT2D eigenvalue weighted by Crippen LogP contribution is 2.25. The molecule has 0 aromatic heterocycles. The summed E-state index contributed by atoms with van der Waals surface area (Å²) in [5, 5.41) is 5.85. The van der Waals surface area contributed by atoms with E-state index in [-0.39, 0.29) is 24.0 Å². The van der Waals surface area contributed by atoms with Crippen LogP contribution in [-0.4, -0.2) is 36.0 Å². The normalized spacial score (nSPS) is 17.4. The van der Waals surface area contributed by atoms with Crippen LogP contribution < -0.4 is 10.6 Å². The van der Waals surface area contributed by atoms with Crippen LogP contribution in [0.15, 0.2) is 60.7 Å². The first-order chi connectivity index (χ1) is 13.6. The Morgan fingerprint density at radius 2 is 1.75 bits per heavy atom. The van der Waals surface area contributed by atoms with E-state index in [1.165, 1.54) is 5.56 Å². The standard InChI is InChI=1S/C23H29N3O2/c1-18(20-13-6-3-7-14-20)26-17-21(16-22(26)27)25-23(28)24-15-9-8-12-19-10-4-2-5-11-19/h2-7,10-11,13-14,18,21H,8-9,12,15-17H2,1H3,(H2,24,25,28). The molecule has 3 amide bonds. The number of likely N-dealkylation sites (tertiary alicyclic amines) is 1. The number of carbonyl (C=O) groups excluding carboxylic acids is 2. The molecule has 2 N–H and O–H groups in total. The van der Waals surface area contributed by atoms with Crippen molar-refractivity contribution in [1.29, 1.82) is 0 Å². The van der Waals surface area contributed by atoms with E-state index in [1.54, 1.807) is 0 Å². The predicted molar refractivity (Wildman–Crippen MR) is 111 cm³/mol. The van der Waals surface area contributed by atoms with Gasteiger partial charge >= 0.3 is 6.03 Å². The van der Waals surface area contributed by atoms with Crippen molar-refractivity contribution in [2.24, 2.45) is 0 Å². The fraction of sp³-hybridized carbons (Fsp3) is 0.391. The summed E-state index contributed by atoms with van der Waals surface area (Å²) in [5.41, 5.74) is 2.43. The zero-order valence-electron chi connectivity index (χ0n) is 16.4. The zero-order valence-corrected chi connectivity index (χ0v) is 16.4. The average Bonchev–Trinajstić information content (AvgIpc) is 3.08. The molecule has 0 saturated carbocycles. The summed E-state index contributed by atoms with van der Waals surface area (Å²) in [5.74, 6) is 0.0875. The van der Waals surface area contributed by atoms with Gasteiger partial charge in [0.2, 0.25) is 5.91 Å². The molecule has 3 rings (SSSR count). The summed E-state index contributed by atoms with van der Waals surface area (Å²) in [4.78, 5) is 26.3. The first kappa shape index (κ1) is 19.9. The lowest BCUT2D eigenvalue weighted by atomic mass is 10.1. The second-order valence-electron chi connectivity index (χ2n) is 7.38. The summed E-state index contributed by atoms with van der Waals surface area (Å²) in [7, 11) is 0. The third-order valence-electron chi connectivity index (χ3n) is 5.26. The molecule has 1 heterocycles. The van der Waals surface area contributed by atoms with Gasteiger partial charge in [0.05, 0.1) is 12.1 Å². The van der Waals surface area contributed by atoms with Crippen LogP contribution in [0.3, 0.4) is 0 Å². The number of aryl methyl sites for hydroxylation is 1. The lowest BCUT2D eigenvalue weighted by Crippen LogP contribution is -2.43. The lowest BCUT2D eigenvalue weighted by Gasteiger charge is -2.25. The largest absolute Gasteiger partial charge is 0.338 e. The number of benzene rings is 2. The van der Waals surface area contributed by atoms with Crippen LogP contribution in [0.4, 0.5) is 4.79 Å². The third kappa shape index (κ3) is 5.59. The van der Waals surface area contributed by atoms with Crippen LogP contribution in [0.5, 0.6) is 0 Å². The van der Waals surface area contributed by atoms with Crippen LogP contribution in [0.2, 0.25) is 0 Å². The fourth-order valence-corrected chi connectivity index (χ4v) is 3.65. The molecule has 1 saturated heterocycles. The number of carbonyl (C=O) groups is 2. The van der Waals surface area contributed by atoms with Crippen molar-refractivity contribution in [1.82, 2.24) is 15.5 Å². The SMILES string of the molecule is CC(c1ccccc1)N1CC(NC(=O)NCCCCc2ccccc2)CC1=O. The minimum atomic E-state index is -0.188. The van der Waals surface area contributed by atoms with Gasteiger partial charge in [-0.2, -0.15) is 0 Å². The van der Waals surface area contributed by atoms with E-state index >= 15 is 0 Å². The monoisotopic (exact) mass is 379 g/mol. The Bertz CT molecular complexity index is 764. The smallest absolute Gasteiger partial charge is 0.315 e. The molecule has 2 unspecified atom stereocenters. The number of amides is 3. The molecule has 2 aromatic rings. The topological polar surface area (TPSA) is 61.4 Å². The fourth-order valence-electron chi connectivity index (χ4n) is 3.65. The molecule has 2 atom stereocenters. The first-order valence-electron chi connectivity index (χ1n) is 10.1. The zero-order chi connectivity index (χ0) is 19.8. The molecular formula is C23H29N3O2. The molecule has 2 aromatic carbocycles. The van der Waals surface area contributed by atoms with Gasteiger partial charge in [0.15, 0.2) is 0 Å². The highest BCUT2D eigenvalue weighted by Gasteiger charge is 2.33. The summed E-state index contributed by atoms with van der Waals surface area (Å²) in [6, 6.07) is 20.0. The van der Waals surface area contributed by atoms with Gasteiger partial charge in [-0.3, -0.25) is 4.79 Å². The number of unbranched alkanes of at least 4 members (excludes halogenated alkanes) is 1. The van der Waals surface area contributed by atoms with E-state index < -0.39 is 0 Å². The van der Waals surface area contributed by atoms with Crippen LogP contribution in [-0.2, 0) is 11.2 Å².